The van der Waals surface area contributed by atoms with Gasteiger partial charge in [-0.05, 0) is 19.8 Å². The summed E-state index contributed by atoms with van der Waals surface area (Å²) >= 11 is 0. The maximum Gasteiger partial charge on any atom is 0.330 e. The van der Waals surface area contributed by atoms with Crippen LogP contribution < -0.4 is 11.2 Å². The number of fused-ring (bicyclic) bond motifs is 3. The number of H-pyrrole nitrogens is 1. The summed E-state index contributed by atoms with van der Waals surface area (Å²) in [4.78, 5) is 49.1. The molecule has 0 aromatic carbocycles. The average molecular weight is 382 g/mol. The zero-order valence-electron chi connectivity index (χ0n) is 15.0. The number of aromatic nitrogens is 2. The number of halogens is 1. The molecule has 10 heteroatoms. The Labute approximate surface area is 152 Å². The molecule has 0 bridgehead atoms. The van der Waals surface area contributed by atoms with Crippen molar-refractivity contribution in [3.05, 3.63) is 32.6 Å². The van der Waals surface area contributed by atoms with Crippen LogP contribution in [0.5, 0.6) is 0 Å². The lowest BCUT2D eigenvalue weighted by Crippen LogP contribution is -2.51. The molecule has 1 aliphatic heterocycles. The number of carbonyl (C=O) groups excluding carboxylic acids is 2. The Bertz CT molecular complexity index is 955. The summed E-state index contributed by atoms with van der Waals surface area (Å²) in [7, 11) is 0. The van der Waals surface area contributed by atoms with E-state index in [9.17, 15) is 19.2 Å². The van der Waals surface area contributed by atoms with Crippen LogP contribution in [0.1, 0.15) is 38.5 Å². The zero-order valence-corrected chi connectivity index (χ0v) is 15.0. The molecule has 4 rings (SSSR count). The van der Waals surface area contributed by atoms with Crippen LogP contribution in [0, 0.1) is 12.8 Å². The molecule has 3 fully saturated rings. The molecule has 1 aromatic rings. The van der Waals surface area contributed by atoms with Gasteiger partial charge < -0.3 is 14.2 Å². The van der Waals surface area contributed by atoms with E-state index >= 15 is 4.39 Å². The highest BCUT2D eigenvalue weighted by Gasteiger charge is 2.83. The second-order valence-corrected chi connectivity index (χ2v) is 7.49. The lowest BCUT2D eigenvalue weighted by molar-refractivity contribution is -0.180. The van der Waals surface area contributed by atoms with Gasteiger partial charge in [-0.2, -0.15) is 0 Å². The normalized spacial score (nSPS) is 38.8. The number of esters is 2. The molecule has 2 saturated carbocycles. The number of rotatable bonds is 3. The molecule has 3 aliphatic rings. The quantitative estimate of drug-likeness (QED) is 0.738. The van der Waals surface area contributed by atoms with Gasteiger partial charge in [-0.15, -0.1) is 0 Å². The number of hydrogen-bond donors (Lipinski definition) is 1. The van der Waals surface area contributed by atoms with Crippen LogP contribution in [0.2, 0.25) is 0 Å². The molecule has 146 valence electrons. The number of carbonyl (C=O) groups is 2. The van der Waals surface area contributed by atoms with Gasteiger partial charge in [-0.25, -0.2) is 9.18 Å². The molecule has 1 aromatic heterocycles. The molecule has 0 amide bonds. The molecule has 1 unspecified atom stereocenters. The first-order chi connectivity index (χ1) is 12.6. The molecule has 0 radical (unpaired) electrons. The minimum atomic E-state index is -1.88. The number of nitrogens with zero attached hydrogens (tertiary/aromatic N) is 1. The smallest absolute Gasteiger partial charge is 0.330 e. The van der Waals surface area contributed by atoms with Crippen molar-refractivity contribution in [1.29, 1.82) is 0 Å². The number of nitrogens with one attached hydrogen (secondary N) is 1. The fourth-order valence-corrected chi connectivity index (χ4v) is 4.58. The number of aryl methyl sites for hydroxylation is 1. The van der Waals surface area contributed by atoms with Gasteiger partial charge in [0.15, 0.2) is 18.0 Å². The van der Waals surface area contributed by atoms with Gasteiger partial charge in [-0.1, -0.05) is 0 Å². The van der Waals surface area contributed by atoms with Crippen LogP contribution in [0.25, 0.3) is 0 Å². The van der Waals surface area contributed by atoms with Gasteiger partial charge in [0, 0.05) is 31.5 Å². The lowest BCUT2D eigenvalue weighted by Gasteiger charge is -2.32. The largest absolute Gasteiger partial charge is 0.456 e. The van der Waals surface area contributed by atoms with E-state index in [1.807, 2.05) is 0 Å². The summed E-state index contributed by atoms with van der Waals surface area (Å²) in [6.07, 6.45) is -2.55. The van der Waals surface area contributed by atoms with Gasteiger partial charge in [0.05, 0.1) is 0 Å². The average Bonchev–Trinajstić information content (AvgIpc) is 3.04. The Morgan fingerprint density at radius 2 is 1.81 bits per heavy atom. The third-order valence-electron chi connectivity index (χ3n) is 5.63. The molecule has 2 aliphatic carbocycles. The topological polar surface area (TPSA) is 117 Å². The van der Waals surface area contributed by atoms with Crippen molar-refractivity contribution in [2.75, 3.05) is 0 Å². The van der Waals surface area contributed by atoms with Gasteiger partial charge in [-0.3, -0.25) is 23.9 Å². The zero-order chi connectivity index (χ0) is 19.7. The van der Waals surface area contributed by atoms with Gasteiger partial charge >= 0.3 is 17.6 Å². The Balaban J connectivity index is 1.78. The van der Waals surface area contributed by atoms with E-state index in [0.717, 1.165) is 11.5 Å². The van der Waals surface area contributed by atoms with Crippen LogP contribution in [-0.2, 0) is 23.8 Å². The molecule has 0 spiro atoms. The van der Waals surface area contributed by atoms with Crippen molar-refractivity contribution in [3.63, 3.8) is 0 Å². The van der Waals surface area contributed by atoms with Crippen LogP contribution in [0.4, 0.5) is 4.39 Å². The van der Waals surface area contributed by atoms with E-state index in [2.05, 4.69) is 4.98 Å². The van der Waals surface area contributed by atoms with Crippen LogP contribution in [0.15, 0.2) is 15.8 Å². The minimum Gasteiger partial charge on any atom is -0.456 e. The van der Waals surface area contributed by atoms with Crippen LogP contribution >= 0.6 is 0 Å². The number of hydrogen-bond acceptors (Lipinski definition) is 7. The van der Waals surface area contributed by atoms with Gasteiger partial charge in [0.2, 0.25) is 0 Å². The number of ether oxygens (including phenoxy) is 3. The van der Waals surface area contributed by atoms with Crippen molar-refractivity contribution in [2.24, 2.45) is 5.92 Å². The molecule has 1 N–H and O–H groups in total. The van der Waals surface area contributed by atoms with Crippen molar-refractivity contribution < 1.29 is 28.2 Å². The van der Waals surface area contributed by atoms with E-state index in [0.29, 0.717) is 6.42 Å². The summed E-state index contributed by atoms with van der Waals surface area (Å²) < 4.78 is 33.1. The fraction of sp³-hybridized carbons (Fsp3) is 0.647. The van der Waals surface area contributed by atoms with Crippen molar-refractivity contribution in [3.8, 4) is 0 Å². The molecule has 1 saturated heterocycles. The highest BCUT2D eigenvalue weighted by molar-refractivity contribution is 5.69. The van der Waals surface area contributed by atoms with E-state index in [4.69, 9.17) is 14.2 Å². The first kappa shape index (κ1) is 17.9. The van der Waals surface area contributed by atoms with Crippen molar-refractivity contribution in [1.82, 2.24) is 9.55 Å². The fourth-order valence-electron chi connectivity index (χ4n) is 4.58. The molecular weight excluding hydrogens is 363 g/mol. The van der Waals surface area contributed by atoms with Gasteiger partial charge in [0.25, 0.3) is 5.56 Å². The SMILES string of the molecule is CC(=O)O[C@]12C[C@H]1C[C@@]1(OC(C)=O)[C@@H]2OC(n2cc(C)c(=O)[nH]c2=O)[C@H]1F. The predicted molar refractivity (Wildman–Crippen MR) is 86.6 cm³/mol. The molecular formula is C17H19FN2O7. The summed E-state index contributed by atoms with van der Waals surface area (Å²) in [5.41, 5.74) is -3.95. The highest BCUT2D eigenvalue weighted by atomic mass is 19.1. The maximum absolute atomic E-state index is 15.6. The molecule has 2 heterocycles. The lowest BCUT2D eigenvalue weighted by atomic mass is 9.90. The summed E-state index contributed by atoms with van der Waals surface area (Å²) in [5, 5.41) is 0. The second-order valence-electron chi connectivity index (χ2n) is 7.49. The highest BCUT2D eigenvalue weighted by Crippen LogP contribution is 2.68. The number of alkyl halides is 1. The first-order valence-corrected chi connectivity index (χ1v) is 8.61. The maximum atomic E-state index is 15.6. The third-order valence-corrected chi connectivity index (χ3v) is 5.63. The first-order valence-electron chi connectivity index (χ1n) is 8.61. The molecule has 27 heavy (non-hydrogen) atoms. The van der Waals surface area contributed by atoms with Crippen molar-refractivity contribution >= 4 is 11.9 Å². The second kappa shape index (κ2) is 5.51. The Kier molecular flexibility index (Phi) is 3.65. The Morgan fingerprint density at radius 3 is 2.44 bits per heavy atom. The van der Waals surface area contributed by atoms with Gasteiger partial charge in [0.1, 0.15) is 11.7 Å². The summed E-state index contributed by atoms with van der Waals surface area (Å²) in [6, 6.07) is 0. The van der Waals surface area contributed by atoms with Crippen molar-refractivity contribution in [2.45, 2.75) is 63.3 Å². The molecule has 6 atom stereocenters. The Morgan fingerprint density at radius 1 is 1.22 bits per heavy atom. The third kappa shape index (κ3) is 2.39. The minimum absolute atomic E-state index is 0.124. The van der Waals surface area contributed by atoms with E-state index in [1.165, 1.54) is 20.0 Å². The van der Waals surface area contributed by atoms with E-state index in [-0.39, 0.29) is 17.9 Å². The summed E-state index contributed by atoms with van der Waals surface area (Å²) in [5.74, 6) is -1.43. The van der Waals surface area contributed by atoms with Crippen LogP contribution in [-0.4, -0.2) is 45.0 Å². The summed E-state index contributed by atoms with van der Waals surface area (Å²) in [6.45, 7) is 3.87. The predicted octanol–water partition coefficient (Wildman–Crippen LogP) is 0.108. The van der Waals surface area contributed by atoms with Crippen LogP contribution in [0.3, 0.4) is 0 Å². The molecule has 9 nitrogen and oxygen atoms in total. The van der Waals surface area contributed by atoms with E-state index in [1.54, 1.807) is 0 Å². The van der Waals surface area contributed by atoms with E-state index < -0.39 is 52.9 Å². The Hall–Kier alpha value is -2.49. The standard InChI is InChI=1S/C17H19FN2O7/c1-7-6-20(15(24)19-12(7)23)13-11(18)17(27-9(3)22)5-10-4-16(10,14(17)25-13)26-8(2)21/h6,10-11,13-14H,4-5H2,1-3H3,(H,19,23,24)/t10-,11+,13?,14+,16+,17-/m0/s1. The number of aromatic amines is 1. The monoisotopic (exact) mass is 382 g/mol.